The number of rotatable bonds is 4. The van der Waals surface area contributed by atoms with E-state index in [1.54, 1.807) is 6.20 Å². The monoisotopic (exact) mass is 261 g/mol. The Labute approximate surface area is 112 Å². The van der Waals surface area contributed by atoms with Gasteiger partial charge in [0.05, 0.1) is 23.8 Å². The number of hydrogen-bond acceptors (Lipinski definition) is 3. The van der Waals surface area contributed by atoms with Crippen LogP contribution in [-0.4, -0.2) is 17.0 Å². The second-order valence-corrected chi connectivity index (χ2v) is 4.53. The Balaban J connectivity index is 2.13. The molecular formula is C14H16ClN3. The molecule has 2 rings (SSSR count). The lowest BCUT2D eigenvalue weighted by molar-refractivity contribution is 0.873. The highest BCUT2D eigenvalue weighted by Gasteiger charge is 2.04. The van der Waals surface area contributed by atoms with E-state index in [-0.39, 0.29) is 0 Å². The molecule has 0 atom stereocenters. The minimum Gasteiger partial charge on any atom is -0.369 e. The van der Waals surface area contributed by atoms with Gasteiger partial charge in [0.15, 0.2) is 0 Å². The van der Waals surface area contributed by atoms with Gasteiger partial charge in [0.1, 0.15) is 0 Å². The Bertz CT molecular complexity index is 528. The van der Waals surface area contributed by atoms with Gasteiger partial charge in [-0.15, -0.1) is 11.6 Å². The first-order valence-corrected chi connectivity index (χ1v) is 6.37. The van der Waals surface area contributed by atoms with Gasteiger partial charge in [-0.2, -0.15) is 0 Å². The summed E-state index contributed by atoms with van der Waals surface area (Å²) in [6, 6.07) is 10.0. The largest absolute Gasteiger partial charge is 0.369 e. The van der Waals surface area contributed by atoms with Crippen LogP contribution in [0.15, 0.2) is 36.5 Å². The topological polar surface area (TPSA) is 29.0 Å². The summed E-state index contributed by atoms with van der Waals surface area (Å²) in [6.45, 7) is 2.77. The van der Waals surface area contributed by atoms with E-state index in [1.165, 1.54) is 0 Å². The molecule has 4 heteroatoms. The van der Waals surface area contributed by atoms with E-state index < -0.39 is 0 Å². The quantitative estimate of drug-likeness (QED) is 0.792. The van der Waals surface area contributed by atoms with Crippen molar-refractivity contribution in [2.24, 2.45) is 0 Å². The molecule has 94 valence electrons. The standard InChI is InChI=1S/C14H16ClN3/c1-11-4-3-5-12(17-11)10-18(2)14-6-7-16-13(8-14)9-15/h3-8H,9-10H2,1-2H3. The summed E-state index contributed by atoms with van der Waals surface area (Å²) >= 11 is 5.79. The summed E-state index contributed by atoms with van der Waals surface area (Å²) in [4.78, 5) is 10.8. The molecule has 0 saturated carbocycles. The van der Waals surface area contributed by atoms with Crippen molar-refractivity contribution in [1.29, 1.82) is 0 Å². The van der Waals surface area contributed by atoms with Crippen molar-refractivity contribution in [3.8, 4) is 0 Å². The van der Waals surface area contributed by atoms with Crippen LogP contribution in [0.25, 0.3) is 0 Å². The molecule has 0 bridgehead atoms. The first-order valence-electron chi connectivity index (χ1n) is 5.83. The number of hydrogen-bond donors (Lipinski definition) is 0. The average molecular weight is 262 g/mol. The van der Waals surface area contributed by atoms with Crippen LogP contribution < -0.4 is 4.90 Å². The van der Waals surface area contributed by atoms with Crippen LogP contribution >= 0.6 is 11.6 Å². The fourth-order valence-electron chi connectivity index (χ4n) is 1.80. The van der Waals surface area contributed by atoms with Gasteiger partial charge in [0.2, 0.25) is 0 Å². The van der Waals surface area contributed by atoms with Gasteiger partial charge >= 0.3 is 0 Å². The van der Waals surface area contributed by atoms with Crippen LogP contribution in [0.2, 0.25) is 0 Å². The molecular weight excluding hydrogens is 246 g/mol. The highest BCUT2D eigenvalue weighted by molar-refractivity contribution is 6.16. The molecule has 0 fully saturated rings. The Morgan fingerprint density at radius 1 is 1.22 bits per heavy atom. The zero-order chi connectivity index (χ0) is 13.0. The zero-order valence-corrected chi connectivity index (χ0v) is 11.4. The molecule has 3 nitrogen and oxygen atoms in total. The molecule has 0 unspecified atom stereocenters. The van der Waals surface area contributed by atoms with Crippen molar-refractivity contribution in [3.63, 3.8) is 0 Å². The molecule has 0 aliphatic heterocycles. The van der Waals surface area contributed by atoms with E-state index >= 15 is 0 Å². The van der Waals surface area contributed by atoms with Gasteiger partial charge < -0.3 is 4.90 Å². The minimum absolute atomic E-state index is 0.435. The second kappa shape index (κ2) is 5.83. The maximum Gasteiger partial charge on any atom is 0.0648 e. The van der Waals surface area contributed by atoms with Crippen LogP contribution in [0.4, 0.5) is 5.69 Å². The smallest absolute Gasteiger partial charge is 0.0648 e. The summed E-state index contributed by atoms with van der Waals surface area (Å²) in [7, 11) is 2.04. The maximum atomic E-state index is 5.79. The summed E-state index contributed by atoms with van der Waals surface area (Å²) < 4.78 is 0. The Kier molecular flexibility index (Phi) is 4.15. The molecule has 2 heterocycles. The van der Waals surface area contributed by atoms with Gasteiger partial charge in [0, 0.05) is 24.6 Å². The second-order valence-electron chi connectivity index (χ2n) is 4.27. The van der Waals surface area contributed by atoms with Crippen LogP contribution in [0.5, 0.6) is 0 Å². The van der Waals surface area contributed by atoms with Crippen molar-refractivity contribution in [2.75, 3.05) is 11.9 Å². The number of anilines is 1. The highest BCUT2D eigenvalue weighted by atomic mass is 35.5. The third-order valence-corrected chi connectivity index (χ3v) is 3.00. The lowest BCUT2D eigenvalue weighted by Crippen LogP contribution is -2.17. The molecule has 2 aromatic heterocycles. The van der Waals surface area contributed by atoms with E-state index in [4.69, 9.17) is 11.6 Å². The predicted molar refractivity (Wildman–Crippen MR) is 74.9 cm³/mol. The third kappa shape index (κ3) is 3.20. The van der Waals surface area contributed by atoms with Gasteiger partial charge in [-0.05, 0) is 31.2 Å². The summed E-state index contributed by atoms with van der Waals surface area (Å²) in [5.74, 6) is 0.435. The minimum atomic E-state index is 0.435. The van der Waals surface area contributed by atoms with Crippen molar-refractivity contribution in [2.45, 2.75) is 19.3 Å². The summed E-state index contributed by atoms with van der Waals surface area (Å²) in [5, 5.41) is 0. The third-order valence-electron chi connectivity index (χ3n) is 2.72. The molecule has 0 saturated heterocycles. The SMILES string of the molecule is Cc1cccc(CN(C)c2ccnc(CCl)c2)n1. The normalized spacial score (nSPS) is 10.4. The summed E-state index contributed by atoms with van der Waals surface area (Å²) in [5.41, 5.74) is 4.08. The number of pyridine rings is 2. The van der Waals surface area contributed by atoms with Crippen molar-refractivity contribution < 1.29 is 0 Å². The molecule has 0 amide bonds. The van der Waals surface area contributed by atoms with Crippen LogP contribution in [-0.2, 0) is 12.4 Å². The molecule has 0 aliphatic carbocycles. The maximum absolute atomic E-state index is 5.79. The fourth-order valence-corrected chi connectivity index (χ4v) is 1.94. The molecule has 0 aromatic carbocycles. The number of aromatic nitrogens is 2. The van der Waals surface area contributed by atoms with E-state index in [2.05, 4.69) is 14.9 Å². The number of aryl methyl sites for hydroxylation is 1. The van der Waals surface area contributed by atoms with Crippen molar-refractivity contribution in [1.82, 2.24) is 9.97 Å². The molecule has 0 radical (unpaired) electrons. The molecule has 0 spiro atoms. The molecule has 0 aliphatic rings. The van der Waals surface area contributed by atoms with Gasteiger partial charge in [-0.3, -0.25) is 9.97 Å². The average Bonchev–Trinajstić information content (AvgIpc) is 2.39. The fraction of sp³-hybridized carbons (Fsp3) is 0.286. The Hall–Kier alpha value is -1.61. The van der Waals surface area contributed by atoms with Gasteiger partial charge in [-0.25, -0.2) is 0 Å². The number of halogens is 1. The zero-order valence-electron chi connectivity index (χ0n) is 10.6. The Morgan fingerprint density at radius 3 is 2.78 bits per heavy atom. The highest BCUT2D eigenvalue weighted by Crippen LogP contribution is 2.16. The van der Waals surface area contributed by atoms with E-state index in [0.717, 1.165) is 29.3 Å². The van der Waals surface area contributed by atoms with Crippen LogP contribution in [0.1, 0.15) is 17.1 Å². The lowest BCUT2D eigenvalue weighted by atomic mass is 10.2. The van der Waals surface area contributed by atoms with E-state index in [9.17, 15) is 0 Å². The Morgan fingerprint density at radius 2 is 2.06 bits per heavy atom. The van der Waals surface area contributed by atoms with Gasteiger partial charge in [-0.1, -0.05) is 6.07 Å². The molecule has 2 aromatic rings. The first kappa shape index (κ1) is 12.8. The van der Waals surface area contributed by atoms with E-state index in [1.807, 2.05) is 44.3 Å². The molecule has 18 heavy (non-hydrogen) atoms. The number of alkyl halides is 1. The first-order chi connectivity index (χ1) is 8.69. The van der Waals surface area contributed by atoms with Crippen LogP contribution in [0.3, 0.4) is 0 Å². The summed E-state index contributed by atoms with van der Waals surface area (Å²) in [6.07, 6.45) is 1.78. The van der Waals surface area contributed by atoms with Gasteiger partial charge in [0.25, 0.3) is 0 Å². The van der Waals surface area contributed by atoms with Crippen molar-refractivity contribution in [3.05, 3.63) is 53.6 Å². The van der Waals surface area contributed by atoms with E-state index in [0.29, 0.717) is 5.88 Å². The number of nitrogens with zero attached hydrogens (tertiary/aromatic N) is 3. The van der Waals surface area contributed by atoms with Crippen LogP contribution in [0, 0.1) is 6.92 Å². The molecule has 0 N–H and O–H groups in total. The predicted octanol–water partition coefficient (Wildman–Crippen LogP) is 3.16. The van der Waals surface area contributed by atoms with Crippen molar-refractivity contribution >= 4 is 17.3 Å². The lowest BCUT2D eigenvalue weighted by Gasteiger charge is -2.19.